The van der Waals surface area contributed by atoms with Gasteiger partial charge in [0.15, 0.2) is 0 Å². The van der Waals surface area contributed by atoms with Crippen molar-refractivity contribution in [3.8, 4) is 0 Å². The minimum absolute atomic E-state index is 0.0129. The number of rotatable bonds is 2. The molecule has 0 bridgehead atoms. The van der Waals surface area contributed by atoms with E-state index in [1.807, 2.05) is 0 Å². The summed E-state index contributed by atoms with van der Waals surface area (Å²) in [4.78, 5) is 13.9. The number of halogens is 2. The van der Waals surface area contributed by atoms with Gasteiger partial charge in [0.05, 0.1) is 6.42 Å². The molecule has 0 aliphatic carbocycles. The molecule has 2 fully saturated rings. The number of carbonyl (C=O) groups is 1. The molecule has 0 radical (unpaired) electrons. The number of likely N-dealkylation sites (tertiary alicyclic amines) is 1. The van der Waals surface area contributed by atoms with Crippen molar-refractivity contribution >= 4 is 5.91 Å². The highest BCUT2D eigenvalue weighted by molar-refractivity contribution is 5.79. The summed E-state index contributed by atoms with van der Waals surface area (Å²) in [6.07, 6.45) is 0.0129. The molecule has 3 nitrogen and oxygen atoms in total. The van der Waals surface area contributed by atoms with E-state index in [1.54, 1.807) is 4.90 Å². The molecule has 1 amide bonds. The smallest absolute Gasteiger partial charge is 0.227 e. The molecule has 2 saturated heterocycles. The maximum absolute atomic E-state index is 13.5. The standard InChI is InChI=1S/C14H16F2N2O/c15-12-2-1-9(13(16)4-12)3-14(19)18-7-10-5-17-6-11(10)8-18/h1-2,4,10-11,17H,3,5-8H2/t10-,11+. The van der Waals surface area contributed by atoms with Crippen LogP contribution in [0.4, 0.5) is 8.78 Å². The third-order valence-corrected chi connectivity index (χ3v) is 4.10. The number of benzene rings is 1. The van der Waals surface area contributed by atoms with Crippen molar-refractivity contribution in [3.63, 3.8) is 0 Å². The zero-order chi connectivity index (χ0) is 13.4. The molecular formula is C14H16F2N2O. The molecule has 0 spiro atoms. The van der Waals surface area contributed by atoms with Gasteiger partial charge in [-0.15, -0.1) is 0 Å². The Balaban J connectivity index is 1.65. The van der Waals surface area contributed by atoms with Crippen molar-refractivity contribution in [2.75, 3.05) is 26.2 Å². The topological polar surface area (TPSA) is 32.3 Å². The molecule has 102 valence electrons. The van der Waals surface area contributed by atoms with Crippen LogP contribution in [0.2, 0.25) is 0 Å². The zero-order valence-corrected chi connectivity index (χ0v) is 10.5. The third-order valence-electron chi connectivity index (χ3n) is 4.10. The van der Waals surface area contributed by atoms with Gasteiger partial charge >= 0.3 is 0 Å². The minimum atomic E-state index is -0.644. The Morgan fingerprint density at radius 1 is 1.26 bits per heavy atom. The van der Waals surface area contributed by atoms with E-state index in [9.17, 15) is 13.6 Å². The van der Waals surface area contributed by atoms with Gasteiger partial charge in [-0.2, -0.15) is 0 Å². The number of nitrogens with zero attached hydrogens (tertiary/aromatic N) is 1. The van der Waals surface area contributed by atoms with Gasteiger partial charge in [-0.25, -0.2) is 8.78 Å². The first kappa shape index (κ1) is 12.5. The van der Waals surface area contributed by atoms with E-state index < -0.39 is 11.6 Å². The molecular weight excluding hydrogens is 250 g/mol. The molecule has 1 N–H and O–H groups in total. The van der Waals surface area contributed by atoms with E-state index in [-0.39, 0.29) is 17.9 Å². The van der Waals surface area contributed by atoms with Crippen LogP contribution in [-0.2, 0) is 11.2 Å². The van der Waals surface area contributed by atoms with Crippen LogP contribution in [0.5, 0.6) is 0 Å². The highest BCUT2D eigenvalue weighted by Crippen LogP contribution is 2.26. The summed E-state index contributed by atoms with van der Waals surface area (Å²) in [6.45, 7) is 3.41. The summed E-state index contributed by atoms with van der Waals surface area (Å²) in [7, 11) is 0. The van der Waals surface area contributed by atoms with Crippen LogP contribution in [-0.4, -0.2) is 37.0 Å². The van der Waals surface area contributed by atoms with Gasteiger partial charge < -0.3 is 10.2 Å². The highest BCUT2D eigenvalue weighted by atomic mass is 19.1. The van der Waals surface area contributed by atoms with E-state index >= 15 is 0 Å². The van der Waals surface area contributed by atoms with Gasteiger partial charge in [-0.1, -0.05) is 6.07 Å². The largest absolute Gasteiger partial charge is 0.342 e. The molecule has 0 unspecified atom stereocenters. The van der Waals surface area contributed by atoms with Gasteiger partial charge in [0.1, 0.15) is 11.6 Å². The van der Waals surface area contributed by atoms with Crippen molar-refractivity contribution in [2.45, 2.75) is 6.42 Å². The quantitative estimate of drug-likeness (QED) is 0.872. The van der Waals surface area contributed by atoms with Gasteiger partial charge in [-0.05, 0) is 23.5 Å². The maximum Gasteiger partial charge on any atom is 0.227 e. The summed E-state index contributed by atoms with van der Waals surface area (Å²) < 4.78 is 26.3. The molecule has 1 aromatic rings. The second-order valence-corrected chi connectivity index (χ2v) is 5.39. The fourth-order valence-electron chi connectivity index (χ4n) is 3.00. The fraction of sp³-hybridized carbons (Fsp3) is 0.500. The molecule has 2 heterocycles. The van der Waals surface area contributed by atoms with Crippen LogP contribution in [0.25, 0.3) is 0 Å². The van der Waals surface area contributed by atoms with Crippen LogP contribution in [0.1, 0.15) is 5.56 Å². The Bertz CT molecular complexity index is 494. The average molecular weight is 266 g/mol. The van der Waals surface area contributed by atoms with Crippen molar-refractivity contribution in [2.24, 2.45) is 11.8 Å². The summed E-state index contributed by atoms with van der Waals surface area (Å²) in [5, 5.41) is 3.31. The van der Waals surface area contributed by atoms with Crippen LogP contribution < -0.4 is 5.32 Å². The summed E-state index contributed by atoms with van der Waals surface area (Å²) in [6, 6.07) is 3.36. The highest BCUT2D eigenvalue weighted by Gasteiger charge is 2.37. The van der Waals surface area contributed by atoms with E-state index in [4.69, 9.17) is 0 Å². The van der Waals surface area contributed by atoms with Gasteiger partial charge in [-0.3, -0.25) is 4.79 Å². The summed E-state index contributed by atoms with van der Waals surface area (Å²) in [5.41, 5.74) is 0.265. The van der Waals surface area contributed by atoms with E-state index in [0.29, 0.717) is 11.8 Å². The lowest BCUT2D eigenvalue weighted by Gasteiger charge is -2.17. The van der Waals surface area contributed by atoms with Crippen LogP contribution in [0.3, 0.4) is 0 Å². The molecule has 3 rings (SSSR count). The predicted molar refractivity (Wildman–Crippen MR) is 66.5 cm³/mol. The number of hydrogen-bond donors (Lipinski definition) is 1. The lowest BCUT2D eigenvalue weighted by molar-refractivity contribution is -0.129. The molecule has 0 saturated carbocycles. The van der Waals surface area contributed by atoms with E-state index in [2.05, 4.69) is 5.32 Å². The summed E-state index contributed by atoms with van der Waals surface area (Å²) >= 11 is 0. The lowest BCUT2D eigenvalue weighted by atomic mass is 10.0. The molecule has 19 heavy (non-hydrogen) atoms. The molecule has 0 aromatic heterocycles. The van der Waals surface area contributed by atoms with E-state index in [0.717, 1.165) is 32.2 Å². The molecule has 2 aliphatic heterocycles. The minimum Gasteiger partial charge on any atom is -0.342 e. The summed E-state index contributed by atoms with van der Waals surface area (Å²) in [5.74, 6) is -0.270. The first-order valence-electron chi connectivity index (χ1n) is 6.56. The second kappa shape index (κ2) is 4.89. The fourth-order valence-corrected chi connectivity index (χ4v) is 3.00. The average Bonchev–Trinajstić information content (AvgIpc) is 2.93. The number of hydrogen-bond acceptors (Lipinski definition) is 2. The maximum atomic E-state index is 13.5. The van der Waals surface area contributed by atoms with Crippen molar-refractivity contribution in [3.05, 3.63) is 35.4 Å². The zero-order valence-electron chi connectivity index (χ0n) is 10.5. The Morgan fingerprint density at radius 2 is 1.95 bits per heavy atom. The van der Waals surface area contributed by atoms with Crippen molar-refractivity contribution < 1.29 is 13.6 Å². The number of amides is 1. The second-order valence-electron chi connectivity index (χ2n) is 5.39. The van der Waals surface area contributed by atoms with Gasteiger partial charge in [0.2, 0.25) is 5.91 Å². The number of carbonyl (C=O) groups excluding carboxylic acids is 1. The normalized spacial score (nSPS) is 25.7. The van der Waals surface area contributed by atoms with Crippen molar-refractivity contribution in [1.29, 1.82) is 0 Å². The molecule has 2 atom stereocenters. The van der Waals surface area contributed by atoms with Gasteiger partial charge in [0, 0.05) is 32.2 Å². The molecule has 1 aromatic carbocycles. The first-order chi connectivity index (χ1) is 9.13. The third kappa shape index (κ3) is 2.47. The van der Waals surface area contributed by atoms with Crippen LogP contribution >= 0.6 is 0 Å². The SMILES string of the molecule is O=C(Cc1ccc(F)cc1F)N1C[C@H]2CNC[C@H]2C1. The molecule has 2 aliphatic rings. The van der Waals surface area contributed by atoms with Crippen LogP contribution in [0.15, 0.2) is 18.2 Å². The van der Waals surface area contributed by atoms with E-state index in [1.165, 1.54) is 12.1 Å². The number of nitrogens with one attached hydrogen (secondary N) is 1. The lowest BCUT2D eigenvalue weighted by Crippen LogP contribution is -2.33. The van der Waals surface area contributed by atoms with Crippen LogP contribution in [0, 0.1) is 23.5 Å². The number of fused-ring (bicyclic) bond motifs is 1. The Morgan fingerprint density at radius 3 is 2.58 bits per heavy atom. The Kier molecular flexibility index (Phi) is 3.22. The first-order valence-corrected chi connectivity index (χ1v) is 6.56. The van der Waals surface area contributed by atoms with Crippen molar-refractivity contribution in [1.82, 2.24) is 10.2 Å². The predicted octanol–water partition coefficient (Wildman–Crippen LogP) is 1.19. The van der Waals surface area contributed by atoms with Gasteiger partial charge in [0.25, 0.3) is 0 Å². The Labute approximate surface area is 110 Å². The Hall–Kier alpha value is -1.49. The molecule has 5 heteroatoms. The monoisotopic (exact) mass is 266 g/mol.